The van der Waals surface area contributed by atoms with E-state index in [9.17, 15) is 14.4 Å². The second-order valence-corrected chi connectivity index (χ2v) is 5.71. The van der Waals surface area contributed by atoms with Crippen molar-refractivity contribution in [2.75, 3.05) is 53.1 Å². The molecular weight excluding hydrogens is 302 g/mol. The van der Waals surface area contributed by atoms with Crippen LogP contribution in [-0.4, -0.2) is 91.8 Å². The lowest BCUT2D eigenvalue weighted by atomic mass is 10.3. The number of carbonyl (C=O) groups is 3. The van der Waals surface area contributed by atoms with Crippen molar-refractivity contribution in [1.82, 2.24) is 25.3 Å². The molecule has 23 heavy (non-hydrogen) atoms. The van der Waals surface area contributed by atoms with Crippen LogP contribution < -0.4 is 10.6 Å². The van der Waals surface area contributed by atoms with Gasteiger partial charge in [0.05, 0.1) is 13.3 Å². The smallest absolute Gasteiger partial charge is 0.319 e. The zero-order chi connectivity index (χ0) is 16.8. The highest BCUT2D eigenvalue weighted by molar-refractivity contribution is 5.87. The molecule has 2 heterocycles. The third-order valence-electron chi connectivity index (χ3n) is 4.00. The SMILES string of the molecule is CCNC(=O)N1CCC(NC(=O)N2CC(=O)N(CCOC)C2)C1. The quantitative estimate of drug-likeness (QED) is 0.694. The van der Waals surface area contributed by atoms with E-state index in [0.29, 0.717) is 32.8 Å². The Hall–Kier alpha value is -2.03. The van der Waals surface area contributed by atoms with Gasteiger partial charge < -0.3 is 25.2 Å². The van der Waals surface area contributed by atoms with E-state index in [4.69, 9.17) is 4.74 Å². The Bertz CT molecular complexity index is 458. The summed E-state index contributed by atoms with van der Waals surface area (Å²) in [5, 5.41) is 5.65. The second-order valence-electron chi connectivity index (χ2n) is 5.71. The van der Waals surface area contributed by atoms with Gasteiger partial charge >= 0.3 is 12.1 Å². The van der Waals surface area contributed by atoms with Crippen molar-refractivity contribution < 1.29 is 19.1 Å². The highest BCUT2D eigenvalue weighted by Crippen LogP contribution is 2.11. The van der Waals surface area contributed by atoms with Crippen molar-refractivity contribution in [3.05, 3.63) is 0 Å². The van der Waals surface area contributed by atoms with E-state index in [1.165, 1.54) is 4.90 Å². The molecule has 0 aromatic rings. The summed E-state index contributed by atoms with van der Waals surface area (Å²) < 4.78 is 4.95. The largest absolute Gasteiger partial charge is 0.383 e. The molecule has 2 aliphatic heterocycles. The van der Waals surface area contributed by atoms with Gasteiger partial charge in [0.2, 0.25) is 5.91 Å². The van der Waals surface area contributed by atoms with Crippen molar-refractivity contribution in [3.8, 4) is 0 Å². The Kier molecular flexibility index (Phi) is 6.03. The fourth-order valence-corrected chi connectivity index (χ4v) is 2.72. The van der Waals surface area contributed by atoms with Crippen molar-refractivity contribution >= 4 is 18.0 Å². The zero-order valence-corrected chi connectivity index (χ0v) is 13.7. The summed E-state index contributed by atoms with van der Waals surface area (Å²) in [6, 6.07) is -0.444. The Balaban J connectivity index is 1.77. The predicted molar refractivity (Wildman–Crippen MR) is 82.7 cm³/mol. The van der Waals surface area contributed by atoms with Crippen LogP contribution in [-0.2, 0) is 9.53 Å². The van der Waals surface area contributed by atoms with E-state index in [1.54, 1.807) is 16.9 Å². The number of methoxy groups -OCH3 is 1. The summed E-state index contributed by atoms with van der Waals surface area (Å²) in [5.74, 6) is -0.0763. The van der Waals surface area contributed by atoms with Crippen LogP contribution in [0.1, 0.15) is 13.3 Å². The summed E-state index contributed by atoms with van der Waals surface area (Å²) in [6.07, 6.45) is 0.720. The molecule has 2 N–H and O–H groups in total. The molecule has 0 aromatic heterocycles. The van der Waals surface area contributed by atoms with Crippen LogP contribution in [0.15, 0.2) is 0 Å². The highest BCUT2D eigenvalue weighted by atomic mass is 16.5. The van der Waals surface area contributed by atoms with Gasteiger partial charge in [-0.1, -0.05) is 0 Å². The van der Waals surface area contributed by atoms with E-state index in [-0.39, 0.29) is 37.2 Å². The summed E-state index contributed by atoms with van der Waals surface area (Å²) >= 11 is 0. The van der Waals surface area contributed by atoms with Crippen molar-refractivity contribution in [2.45, 2.75) is 19.4 Å². The van der Waals surface area contributed by atoms with Gasteiger partial charge in [-0.2, -0.15) is 0 Å². The molecule has 9 nitrogen and oxygen atoms in total. The van der Waals surface area contributed by atoms with Crippen molar-refractivity contribution in [1.29, 1.82) is 0 Å². The molecule has 5 amide bonds. The molecule has 2 fully saturated rings. The Morgan fingerprint density at radius 1 is 1.30 bits per heavy atom. The molecule has 2 rings (SSSR count). The van der Waals surface area contributed by atoms with Gasteiger partial charge in [0.1, 0.15) is 6.54 Å². The molecule has 0 spiro atoms. The summed E-state index contributed by atoms with van der Waals surface area (Å²) in [5.41, 5.74) is 0. The monoisotopic (exact) mass is 327 g/mol. The topological polar surface area (TPSA) is 94.2 Å². The third kappa shape index (κ3) is 4.47. The molecule has 1 unspecified atom stereocenters. The number of likely N-dealkylation sites (tertiary alicyclic amines) is 1. The lowest BCUT2D eigenvalue weighted by Gasteiger charge is -2.21. The van der Waals surface area contributed by atoms with Crippen LogP contribution in [0.4, 0.5) is 9.59 Å². The molecule has 0 saturated carbocycles. The summed E-state index contributed by atoms with van der Waals surface area (Å²) in [6.45, 7) is 4.86. The maximum absolute atomic E-state index is 12.3. The first kappa shape index (κ1) is 17.3. The van der Waals surface area contributed by atoms with Gasteiger partial charge in [-0.05, 0) is 13.3 Å². The fraction of sp³-hybridized carbons (Fsp3) is 0.786. The van der Waals surface area contributed by atoms with Crippen LogP contribution >= 0.6 is 0 Å². The average Bonchev–Trinajstić information content (AvgIpc) is 3.12. The van der Waals surface area contributed by atoms with Crippen LogP contribution in [0.2, 0.25) is 0 Å². The summed E-state index contributed by atoms with van der Waals surface area (Å²) in [4.78, 5) is 40.6. The van der Waals surface area contributed by atoms with Gasteiger partial charge in [-0.3, -0.25) is 9.69 Å². The highest BCUT2D eigenvalue weighted by Gasteiger charge is 2.33. The number of rotatable bonds is 5. The normalized spacial score (nSPS) is 21.0. The van der Waals surface area contributed by atoms with E-state index in [1.807, 2.05) is 6.92 Å². The Labute approximate surface area is 135 Å². The van der Waals surface area contributed by atoms with Gasteiger partial charge in [-0.25, -0.2) is 9.59 Å². The Morgan fingerprint density at radius 2 is 2.09 bits per heavy atom. The van der Waals surface area contributed by atoms with Crippen LogP contribution in [0.25, 0.3) is 0 Å². The predicted octanol–water partition coefficient (Wildman–Crippen LogP) is -0.752. The van der Waals surface area contributed by atoms with E-state index < -0.39 is 0 Å². The molecule has 0 radical (unpaired) electrons. The number of ether oxygens (including phenoxy) is 1. The van der Waals surface area contributed by atoms with E-state index in [2.05, 4.69) is 10.6 Å². The van der Waals surface area contributed by atoms with Gasteiger partial charge in [0.15, 0.2) is 0 Å². The fourth-order valence-electron chi connectivity index (χ4n) is 2.72. The van der Waals surface area contributed by atoms with Gasteiger partial charge in [0.25, 0.3) is 0 Å². The lowest BCUT2D eigenvalue weighted by Crippen LogP contribution is -2.46. The lowest BCUT2D eigenvalue weighted by molar-refractivity contribution is -0.127. The minimum Gasteiger partial charge on any atom is -0.383 e. The minimum atomic E-state index is -0.263. The number of urea groups is 2. The molecule has 1 atom stereocenters. The summed E-state index contributed by atoms with van der Waals surface area (Å²) in [7, 11) is 1.57. The first-order valence-electron chi connectivity index (χ1n) is 7.90. The average molecular weight is 327 g/mol. The van der Waals surface area contributed by atoms with Gasteiger partial charge in [0, 0.05) is 39.3 Å². The molecule has 0 bridgehead atoms. The first-order chi connectivity index (χ1) is 11.0. The van der Waals surface area contributed by atoms with Crippen LogP contribution in [0, 0.1) is 0 Å². The number of hydrogen-bond donors (Lipinski definition) is 2. The first-order valence-corrected chi connectivity index (χ1v) is 7.90. The second kappa shape index (κ2) is 8.00. The minimum absolute atomic E-state index is 0.0757. The molecule has 0 aliphatic carbocycles. The number of amides is 5. The maximum Gasteiger partial charge on any atom is 0.319 e. The standard InChI is InChI=1S/C14H25N5O4/c1-3-15-13(21)17-5-4-11(8-17)16-14(22)19-9-12(20)18(10-19)6-7-23-2/h11H,3-10H2,1-2H3,(H,15,21)(H,16,22). The van der Waals surface area contributed by atoms with Crippen molar-refractivity contribution in [3.63, 3.8) is 0 Å². The van der Waals surface area contributed by atoms with Crippen LogP contribution in [0.5, 0.6) is 0 Å². The molecule has 0 aromatic carbocycles. The van der Waals surface area contributed by atoms with Crippen LogP contribution in [0.3, 0.4) is 0 Å². The third-order valence-corrected chi connectivity index (χ3v) is 4.00. The van der Waals surface area contributed by atoms with Crippen molar-refractivity contribution in [2.24, 2.45) is 0 Å². The maximum atomic E-state index is 12.3. The Morgan fingerprint density at radius 3 is 2.78 bits per heavy atom. The molecular formula is C14H25N5O4. The van der Waals surface area contributed by atoms with Gasteiger partial charge in [-0.15, -0.1) is 0 Å². The molecule has 2 saturated heterocycles. The number of hydrogen-bond acceptors (Lipinski definition) is 4. The van der Waals surface area contributed by atoms with E-state index in [0.717, 1.165) is 6.42 Å². The molecule has 9 heteroatoms. The number of carbonyl (C=O) groups excluding carboxylic acids is 3. The molecule has 130 valence electrons. The molecule has 2 aliphatic rings. The van der Waals surface area contributed by atoms with E-state index >= 15 is 0 Å². The zero-order valence-electron chi connectivity index (χ0n) is 13.7. The number of nitrogens with zero attached hydrogens (tertiary/aromatic N) is 3. The number of nitrogens with one attached hydrogen (secondary N) is 2.